The van der Waals surface area contributed by atoms with Gasteiger partial charge in [0.2, 0.25) is 0 Å². The van der Waals surface area contributed by atoms with Gasteiger partial charge in [0, 0.05) is 6.04 Å². The number of nitrogens with two attached hydrogens (primary N) is 1. The molecule has 102 valence electrons. The Kier molecular flexibility index (Phi) is 5.74. The molecule has 4 N–H and O–H groups in total. The Morgan fingerprint density at radius 1 is 1.17 bits per heavy atom. The zero-order valence-corrected chi connectivity index (χ0v) is 10.9. The third-order valence-electron chi connectivity index (χ3n) is 2.77. The van der Waals surface area contributed by atoms with Crippen LogP contribution in [0.2, 0.25) is 0 Å². The SMILES string of the molecule is NC(CCS(=O)(=O)O)C(O)CCc1ccccc1. The Morgan fingerprint density at radius 2 is 1.78 bits per heavy atom. The van der Waals surface area contributed by atoms with Crippen molar-refractivity contribution >= 4 is 10.1 Å². The Hall–Kier alpha value is -0.950. The van der Waals surface area contributed by atoms with Gasteiger partial charge in [-0.25, -0.2) is 0 Å². The standard InChI is InChI=1S/C12H19NO4S/c13-11(8-9-18(15,16)17)12(14)7-6-10-4-2-1-3-5-10/h1-5,11-12,14H,6-9,13H2,(H,15,16,17). The maximum Gasteiger partial charge on any atom is 0.264 e. The summed E-state index contributed by atoms with van der Waals surface area (Å²) in [6.07, 6.45) is 0.430. The highest BCUT2D eigenvalue weighted by molar-refractivity contribution is 7.85. The highest BCUT2D eigenvalue weighted by atomic mass is 32.2. The molecule has 1 aromatic carbocycles. The number of rotatable bonds is 7. The number of benzene rings is 1. The monoisotopic (exact) mass is 273 g/mol. The minimum Gasteiger partial charge on any atom is -0.392 e. The largest absolute Gasteiger partial charge is 0.392 e. The summed E-state index contributed by atoms with van der Waals surface area (Å²) in [7, 11) is -4.01. The van der Waals surface area contributed by atoms with Gasteiger partial charge in [-0.05, 0) is 24.8 Å². The normalized spacial score (nSPS) is 15.3. The molecule has 5 nitrogen and oxygen atoms in total. The zero-order valence-electron chi connectivity index (χ0n) is 10.1. The zero-order chi connectivity index (χ0) is 13.6. The van der Waals surface area contributed by atoms with E-state index in [1.807, 2.05) is 30.3 Å². The van der Waals surface area contributed by atoms with E-state index < -0.39 is 28.0 Å². The molecule has 0 bridgehead atoms. The molecule has 0 heterocycles. The van der Waals surface area contributed by atoms with Crippen LogP contribution in [-0.4, -0.2) is 36.0 Å². The average Bonchev–Trinajstić information content (AvgIpc) is 2.33. The summed E-state index contributed by atoms with van der Waals surface area (Å²) < 4.78 is 29.7. The Morgan fingerprint density at radius 3 is 2.33 bits per heavy atom. The van der Waals surface area contributed by atoms with E-state index in [1.54, 1.807) is 0 Å². The fraction of sp³-hybridized carbons (Fsp3) is 0.500. The molecule has 0 amide bonds. The van der Waals surface area contributed by atoms with E-state index in [1.165, 1.54) is 0 Å². The molecule has 0 spiro atoms. The lowest BCUT2D eigenvalue weighted by Gasteiger charge is -2.18. The molecule has 0 aliphatic carbocycles. The van der Waals surface area contributed by atoms with Crippen LogP contribution in [0.15, 0.2) is 30.3 Å². The summed E-state index contributed by atoms with van der Waals surface area (Å²) in [5, 5.41) is 9.77. The van der Waals surface area contributed by atoms with Crippen LogP contribution in [0.1, 0.15) is 18.4 Å². The summed E-state index contributed by atoms with van der Waals surface area (Å²) in [5.41, 5.74) is 6.76. The molecule has 0 fully saturated rings. The summed E-state index contributed by atoms with van der Waals surface area (Å²) in [6, 6.07) is 9.01. The van der Waals surface area contributed by atoms with Crippen molar-refractivity contribution in [3.8, 4) is 0 Å². The highest BCUT2D eigenvalue weighted by Gasteiger charge is 2.17. The van der Waals surface area contributed by atoms with Crippen molar-refractivity contribution in [2.24, 2.45) is 5.73 Å². The van der Waals surface area contributed by atoms with E-state index in [9.17, 15) is 13.5 Å². The van der Waals surface area contributed by atoms with Crippen LogP contribution in [-0.2, 0) is 16.5 Å². The van der Waals surface area contributed by atoms with E-state index in [2.05, 4.69) is 0 Å². The molecule has 0 aliphatic rings. The van der Waals surface area contributed by atoms with Gasteiger partial charge >= 0.3 is 0 Å². The van der Waals surface area contributed by atoms with E-state index in [0.717, 1.165) is 5.56 Å². The van der Waals surface area contributed by atoms with E-state index in [4.69, 9.17) is 10.3 Å². The first-order chi connectivity index (χ1) is 8.38. The summed E-state index contributed by atoms with van der Waals surface area (Å²) in [5.74, 6) is -0.420. The van der Waals surface area contributed by atoms with Gasteiger partial charge in [-0.1, -0.05) is 30.3 Å². The lowest BCUT2D eigenvalue weighted by molar-refractivity contribution is 0.133. The number of aryl methyl sites for hydroxylation is 1. The molecule has 6 heteroatoms. The fourth-order valence-electron chi connectivity index (χ4n) is 1.65. The molecule has 0 saturated heterocycles. The van der Waals surface area contributed by atoms with Crippen LogP contribution in [0.4, 0.5) is 0 Å². The third kappa shape index (κ3) is 6.11. The minimum absolute atomic E-state index is 0.0504. The van der Waals surface area contributed by atoms with Crippen LogP contribution in [0.5, 0.6) is 0 Å². The van der Waals surface area contributed by atoms with Gasteiger partial charge in [0.1, 0.15) is 0 Å². The molecule has 1 aromatic rings. The smallest absolute Gasteiger partial charge is 0.264 e. The highest BCUT2D eigenvalue weighted by Crippen LogP contribution is 2.08. The van der Waals surface area contributed by atoms with E-state index >= 15 is 0 Å². The van der Waals surface area contributed by atoms with Crippen molar-refractivity contribution in [2.75, 3.05) is 5.75 Å². The second-order valence-corrected chi connectivity index (χ2v) is 5.90. The lowest BCUT2D eigenvalue weighted by Crippen LogP contribution is -2.36. The number of hydrogen-bond acceptors (Lipinski definition) is 4. The van der Waals surface area contributed by atoms with Crippen LogP contribution in [0.25, 0.3) is 0 Å². The first kappa shape index (κ1) is 15.1. The Balaban J connectivity index is 2.34. The van der Waals surface area contributed by atoms with Crippen molar-refractivity contribution in [3.05, 3.63) is 35.9 Å². The second-order valence-electron chi connectivity index (χ2n) is 4.33. The molecule has 1 rings (SSSR count). The molecule has 0 radical (unpaired) electrons. The predicted molar refractivity (Wildman–Crippen MR) is 69.8 cm³/mol. The van der Waals surface area contributed by atoms with Crippen molar-refractivity contribution in [3.63, 3.8) is 0 Å². The molecule has 2 unspecified atom stereocenters. The van der Waals surface area contributed by atoms with Gasteiger partial charge in [-0.15, -0.1) is 0 Å². The first-order valence-corrected chi connectivity index (χ1v) is 7.42. The third-order valence-corrected chi connectivity index (χ3v) is 3.53. The molecular formula is C12H19NO4S. The first-order valence-electron chi connectivity index (χ1n) is 5.81. The second kappa shape index (κ2) is 6.84. The summed E-state index contributed by atoms with van der Waals surface area (Å²) >= 11 is 0. The van der Waals surface area contributed by atoms with Gasteiger partial charge in [0.15, 0.2) is 0 Å². The van der Waals surface area contributed by atoms with Crippen molar-refractivity contribution in [1.29, 1.82) is 0 Å². The molecule has 18 heavy (non-hydrogen) atoms. The summed E-state index contributed by atoms with van der Waals surface area (Å²) in [4.78, 5) is 0. The summed E-state index contributed by atoms with van der Waals surface area (Å²) in [6.45, 7) is 0. The molecule has 0 aliphatic heterocycles. The number of hydrogen-bond donors (Lipinski definition) is 3. The molecule has 2 atom stereocenters. The van der Waals surface area contributed by atoms with Crippen molar-refractivity contribution in [1.82, 2.24) is 0 Å². The number of aliphatic hydroxyl groups excluding tert-OH is 1. The fourth-order valence-corrected chi connectivity index (χ4v) is 2.22. The van der Waals surface area contributed by atoms with E-state index in [-0.39, 0.29) is 6.42 Å². The average molecular weight is 273 g/mol. The maximum absolute atomic E-state index is 10.6. The Labute approximate surface area is 107 Å². The topological polar surface area (TPSA) is 101 Å². The van der Waals surface area contributed by atoms with Crippen LogP contribution < -0.4 is 5.73 Å². The van der Waals surface area contributed by atoms with Crippen molar-refractivity contribution < 1.29 is 18.1 Å². The molecule has 0 aromatic heterocycles. The van der Waals surface area contributed by atoms with Gasteiger partial charge in [-0.3, -0.25) is 4.55 Å². The molecule has 0 saturated carbocycles. The van der Waals surface area contributed by atoms with Gasteiger partial charge in [-0.2, -0.15) is 8.42 Å². The van der Waals surface area contributed by atoms with Crippen LogP contribution in [0.3, 0.4) is 0 Å². The maximum atomic E-state index is 10.6. The van der Waals surface area contributed by atoms with Gasteiger partial charge in [0.05, 0.1) is 11.9 Å². The minimum atomic E-state index is -4.01. The van der Waals surface area contributed by atoms with Crippen LogP contribution >= 0.6 is 0 Å². The van der Waals surface area contributed by atoms with Crippen LogP contribution in [0, 0.1) is 0 Å². The number of aliphatic hydroxyl groups is 1. The van der Waals surface area contributed by atoms with Gasteiger partial charge < -0.3 is 10.8 Å². The van der Waals surface area contributed by atoms with Gasteiger partial charge in [0.25, 0.3) is 10.1 Å². The Bertz CT molecular complexity index is 446. The predicted octanol–water partition coefficient (Wildman–Crippen LogP) is 0.585. The molecular weight excluding hydrogens is 254 g/mol. The van der Waals surface area contributed by atoms with Crippen molar-refractivity contribution in [2.45, 2.75) is 31.4 Å². The quantitative estimate of drug-likeness (QED) is 0.631. The lowest BCUT2D eigenvalue weighted by atomic mass is 10.0. The van der Waals surface area contributed by atoms with E-state index in [0.29, 0.717) is 12.8 Å².